The third-order valence-electron chi connectivity index (χ3n) is 2.36. The van der Waals surface area contributed by atoms with Gasteiger partial charge >= 0.3 is 0 Å². The molecule has 2 rings (SSSR count). The standard InChI is InChI=1S/C12H7NO4/c14-11-7-8(5-6-13(16)17)12(15)10-4-2-1-3-9(10)11/h1-7H/b6-5+. The molecule has 5 nitrogen and oxygen atoms in total. The molecule has 0 aliphatic heterocycles. The summed E-state index contributed by atoms with van der Waals surface area (Å²) in [6.07, 6.45) is 2.80. The molecule has 84 valence electrons. The summed E-state index contributed by atoms with van der Waals surface area (Å²) >= 11 is 0. The predicted octanol–water partition coefficient (Wildman–Crippen LogP) is 1.78. The topological polar surface area (TPSA) is 77.3 Å². The molecule has 17 heavy (non-hydrogen) atoms. The summed E-state index contributed by atoms with van der Waals surface area (Å²) in [5, 5.41) is 10.2. The first-order valence-electron chi connectivity index (χ1n) is 4.81. The number of rotatable bonds is 2. The summed E-state index contributed by atoms with van der Waals surface area (Å²) in [4.78, 5) is 33.0. The van der Waals surface area contributed by atoms with E-state index in [1.165, 1.54) is 6.07 Å². The van der Waals surface area contributed by atoms with E-state index in [0.29, 0.717) is 11.8 Å². The zero-order valence-electron chi connectivity index (χ0n) is 8.62. The number of fused-ring (bicyclic) bond motifs is 1. The SMILES string of the molecule is O=C1C=C(/C=C/[N+](=O)[O-])C(=O)c2ccccc21. The van der Waals surface area contributed by atoms with Gasteiger partial charge in [0.1, 0.15) is 0 Å². The number of nitrogens with zero attached hydrogens (tertiary/aromatic N) is 1. The molecule has 1 aliphatic carbocycles. The summed E-state index contributed by atoms with van der Waals surface area (Å²) in [6, 6.07) is 6.39. The Labute approximate surface area is 96.2 Å². The van der Waals surface area contributed by atoms with Gasteiger partial charge in [0, 0.05) is 22.8 Å². The molecule has 0 atom stereocenters. The van der Waals surface area contributed by atoms with E-state index in [2.05, 4.69) is 0 Å². The summed E-state index contributed by atoms with van der Waals surface area (Å²) in [6.45, 7) is 0. The Morgan fingerprint density at radius 2 is 1.76 bits per heavy atom. The van der Waals surface area contributed by atoms with Crippen LogP contribution >= 0.6 is 0 Å². The van der Waals surface area contributed by atoms with E-state index in [0.717, 1.165) is 12.2 Å². The molecule has 1 aromatic rings. The van der Waals surface area contributed by atoms with Crippen molar-refractivity contribution in [3.05, 3.63) is 69.4 Å². The molecule has 5 heteroatoms. The molecular weight excluding hydrogens is 222 g/mol. The molecule has 0 saturated carbocycles. The van der Waals surface area contributed by atoms with E-state index < -0.39 is 4.92 Å². The summed E-state index contributed by atoms with van der Waals surface area (Å²) < 4.78 is 0. The van der Waals surface area contributed by atoms with Gasteiger partial charge in [0.15, 0.2) is 11.6 Å². The predicted molar refractivity (Wildman–Crippen MR) is 59.3 cm³/mol. The molecule has 1 aromatic carbocycles. The molecular formula is C12H7NO4. The van der Waals surface area contributed by atoms with Gasteiger partial charge in [0.05, 0.1) is 4.92 Å². The van der Waals surface area contributed by atoms with E-state index in [-0.39, 0.29) is 22.7 Å². The second kappa shape index (κ2) is 4.13. The van der Waals surface area contributed by atoms with Crippen LogP contribution in [0.4, 0.5) is 0 Å². The van der Waals surface area contributed by atoms with Crippen LogP contribution in [0.2, 0.25) is 0 Å². The molecule has 0 amide bonds. The number of hydrogen-bond acceptors (Lipinski definition) is 4. The van der Waals surface area contributed by atoms with Gasteiger partial charge in [-0.1, -0.05) is 24.3 Å². The van der Waals surface area contributed by atoms with Crippen molar-refractivity contribution in [2.45, 2.75) is 0 Å². The van der Waals surface area contributed by atoms with Crippen molar-refractivity contribution < 1.29 is 14.5 Å². The van der Waals surface area contributed by atoms with Crippen LogP contribution in [0, 0.1) is 10.1 Å². The van der Waals surface area contributed by atoms with Crippen molar-refractivity contribution in [3.63, 3.8) is 0 Å². The van der Waals surface area contributed by atoms with E-state index >= 15 is 0 Å². The lowest BCUT2D eigenvalue weighted by Gasteiger charge is -2.11. The lowest BCUT2D eigenvalue weighted by molar-refractivity contribution is -0.402. The first-order chi connectivity index (χ1) is 8.09. The van der Waals surface area contributed by atoms with Crippen LogP contribution < -0.4 is 0 Å². The third kappa shape index (κ3) is 2.03. The number of Topliss-reactive ketones (excluding diaryl/α,β-unsaturated/α-hetero) is 1. The fourth-order valence-corrected chi connectivity index (χ4v) is 1.60. The zero-order valence-corrected chi connectivity index (χ0v) is 8.62. The van der Waals surface area contributed by atoms with E-state index in [9.17, 15) is 19.7 Å². The molecule has 0 heterocycles. The average Bonchev–Trinajstić information content (AvgIpc) is 2.32. The van der Waals surface area contributed by atoms with Gasteiger partial charge in [-0.25, -0.2) is 0 Å². The number of allylic oxidation sites excluding steroid dienone is 3. The van der Waals surface area contributed by atoms with Gasteiger partial charge in [-0.15, -0.1) is 0 Å². The van der Waals surface area contributed by atoms with Crippen LogP contribution in [0.25, 0.3) is 0 Å². The van der Waals surface area contributed by atoms with Crippen LogP contribution in [-0.4, -0.2) is 16.5 Å². The Morgan fingerprint density at radius 3 is 2.41 bits per heavy atom. The molecule has 0 saturated heterocycles. The summed E-state index contributed by atoms with van der Waals surface area (Å²) in [7, 11) is 0. The highest BCUT2D eigenvalue weighted by Gasteiger charge is 2.23. The molecule has 0 fully saturated rings. The van der Waals surface area contributed by atoms with Crippen LogP contribution in [0.5, 0.6) is 0 Å². The minimum atomic E-state index is -0.681. The van der Waals surface area contributed by atoms with Crippen LogP contribution in [0.15, 0.2) is 48.2 Å². The van der Waals surface area contributed by atoms with Gasteiger partial charge in [0.25, 0.3) is 0 Å². The smallest absolute Gasteiger partial charge is 0.235 e. The summed E-state index contributed by atoms with van der Waals surface area (Å²) in [5.74, 6) is -0.693. The number of ketones is 2. The lowest BCUT2D eigenvalue weighted by Crippen LogP contribution is -2.15. The Hall–Kier alpha value is -2.56. The number of benzene rings is 1. The number of carbonyl (C=O) groups excluding carboxylic acids is 2. The number of carbonyl (C=O) groups is 2. The van der Waals surface area contributed by atoms with Crippen molar-refractivity contribution in [2.75, 3.05) is 0 Å². The van der Waals surface area contributed by atoms with Crippen LogP contribution in [0.3, 0.4) is 0 Å². The number of nitro groups is 1. The average molecular weight is 229 g/mol. The van der Waals surface area contributed by atoms with Crippen molar-refractivity contribution in [2.24, 2.45) is 0 Å². The first kappa shape index (κ1) is 10.9. The maximum absolute atomic E-state index is 11.9. The van der Waals surface area contributed by atoms with Crippen LogP contribution in [-0.2, 0) is 0 Å². The molecule has 0 radical (unpaired) electrons. The monoisotopic (exact) mass is 229 g/mol. The van der Waals surface area contributed by atoms with Crippen molar-refractivity contribution in [1.82, 2.24) is 0 Å². The van der Waals surface area contributed by atoms with Gasteiger partial charge in [-0.05, 0) is 6.08 Å². The molecule has 0 aromatic heterocycles. The van der Waals surface area contributed by atoms with Crippen molar-refractivity contribution in [3.8, 4) is 0 Å². The highest BCUT2D eigenvalue weighted by Crippen LogP contribution is 2.21. The fourth-order valence-electron chi connectivity index (χ4n) is 1.60. The lowest BCUT2D eigenvalue weighted by atomic mass is 9.89. The number of hydrogen-bond donors (Lipinski definition) is 0. The van der Waals surface area contributed by atoms with E-state index in [4.69, 9.17) is 0 Å². The zero-order chi connectivity index (χ0) is 12.4. The highest BCUT2D eigenvalue weighted by atomic mass is 16.6. The minimum absolute atomic E-state index is 0.0328. The Bertz CT molecular complexity index is 584. The summed E-state index contributed by atoms with van der Waals surface area (Å²) in [5.41, 5.74) is 0.643. The molecule has 0 N–H and O–H groups in total. The van der Waals surface area contributed by atoms with Gasteiger partial charge in [-0.2, -0.15) is 0 Å². The van der Waals surface area contributed by atoms with Crippen LogP contribution in [0.1, 0.15) is 20.7 Å². The quantitative estimate of drug-likeness (QED) is 0.572. The highest BCUT2D eigenvalue weighted by molar-refractivity contribution is 6.25. The second-order valence-electron chi connectivity index (χ2n) is 3.44. The maximum atomic E-state index is 11.9. The van der Waals surface area contributed by atoms with E-state index in [1.807, 2.05) is 0 Å². The second-order valence-corrected chi connectivity index (χ2v) is 3.44. The molecule has 1 aliphatic rings. The van der Waals surface area contributed by atoms with Crippen molar-refractivity contribution in [1.29, 1.82) is 0 Å². The Balaban J connectivity index is 2.45. The first-order valence-corrected chi connectivity index (χ1v) is 4.81. The Morgan fingerprint density at radius 1 is 1.12 bits per heavy atom. The van der Waals surface area contributed by atoms with E-state index in [1.54, 1.807) is 18.2 Å². The largest absolute Gasteiger partial charge is 0.289 e. The molecule has 0 unspecified atom stereocenters. The third-order valence-corrected chi connectivity index (χ3v) is 2.36. The molecule has 0 spiro atoms. The normalized spacial score (nSPS) is 14.7. The molecule has 0 bridgehead atoms. The van der Waals surface area contributed by atoms with Gasteiger partial charge < -0.3 is 0 Å². The Kier molecular flexibility index (Phi) is 2.66. The van der Waals surface area contributed by atoms with Crippen molar-refractivity contribution >= 4 is 11.6 Å². The maximum Gasteiger partial charge on any atom is 0.235 e. The van der Waals surface area contributed by atoms with Gasteiger partial charge in [0.2, 0.25) is 6.20 Å². The fraction of sp³-hybridized carbons (Fsp3) is 0. The van der Waals surface area contributed by atoms with Gasteiger partial charge in [-0.3, -0.25) is 19.7 Å². The minimum Gasteiger partial charge on any atom is -0.289 e.